The lowest BCUT2D eigenvalue weighted by atomic mass is 10.2. The fraction of sp³-hybridized carbons (Fsp3) is 0.100. The van der Waals surface area contributed by atoms with Crippen molar-refractivity contribution >= 4 is 33.5 Å². The molecule has 100 valence electrons. The average molecular weight is 353 g/mol. The van der Waals surface area contributed by atoms with Gasteiger partial charge in [-0.15, -0.1) is 0 Å². The average Bonchev–Trinajstić information content (AvgIpc) is 2.68. The Morgan fingerprint density at radius 2 is 2.16 bits per heavy atom. The number of carboxylic acid groups (broad SMARTS) is 1. The van der Waals surface area contributed by atoms with Crippen LogP contribution < -0.4 is 0 Å². The lowest BCUT2D eigenvalue weighted by Gasteiger charge is -2.01. The maximum atomic E-state index is 12.7. The van der Waals surface area contributed by atoms with E-state index < -0.39 is 28.8 Å². The van der Waals surface area contributed by atoms with Crippen molar-refractivity contribution in [3.8, 4) is 5.82 Å². The van der Waals surface area contributed by atoms with Gasteiger partial charge >= 0.3 is 5.97 Å². The van der Waals surface area contributed by atoms with Crippen molar-refractivity contribution in [1.29, 1.82) is 0 Å². The lowest BCUT2D eigenvalue weighted by Crippen LogP contribution is -2.01. The van der Waals surface area contributed by atoms with Crippen LogP contribution in [0.5, 0.6) is 0 Å². The monoisotopic (exact) mass is 351 g/mol. The molecule has 0 amide bonds. The van der Waals surface area contributed by atoms with Crippen molar-refractivity contribution in [1.82, 2.24) is 14.8 Å². The molecule has 2 heterocycles. The topological polar surface area (TPSA) is 68.0 Å². The fourth-order valence-electron chi connectivity index (χ4n) is 1.41. The van der Waals surface area contributed by atoms with E-state index in [2.05, 4.69) is 26.0 Å². The van der Waals surface area contributed by atoms with Crippen LogP contribution in [0.4, 0.5) is 8.78 Å². The maximum absolute atomic E-state index is 12.7. The number of hydrogen-bond donors (Lipinski definition) is 1. The van der Waals surface area contributed by atoms with Crippen molar-refractivity contribution in [2.24, 2.45) is 0 Å². The van der Waals surface area contributed by atoms with Gasteiger partial charge in [0.2, 0.25) is 0 Å². The number of rotatable bonds is 3. The van der Waals surface area contributed by atoms with Crippen LogP contribution in [-0.4, -0.2) is 25.8 Å². The van der Waals surface area contributed by atoms with Crippen molar-refractivity contribution < 1.29 is 18.7 Å². The zero-order chi connectivity index (χ0) is 14.2. The third-order valence-corrected chi connectivity index (χ3v) is 3.02. The number of hydrogen-bond acceptors (Lipinski definition) is 3. The van der Waals surface area contributed by atoms with Gasteiger partial charge in [0, 0.05) is 10.7 Å². The highest BCUT2D eigenvalue weighted by Crippen LogP contribution is 2.29. The van der Waals surface area contributed by atoms with E-state index in [1.807, 2.05) is 0 Å². The molecule has 0 spiro atoms. The first-order chi connectivity index (χ1) is 8.91. The number of nitrogens with zero attached hydrogens (tertiary/aromatic N) is 3. The minimum atomic E-state index is -3.04. The van der Waals surface area contributed by atoms with Crippen LogP contribution >= 0.6 is 27.5 Å². The molecule has 0 aromatic carbocycles. The van der Waals surface area contributed by atoms with Crippen molar-refractivity contribution in [3.05, 3.63) is 39.2 Å². The van der Waals surface area contributed by atoms with Gasteiger partial charge in [0.15, 0.2) is 5.82 Å². The number of carboxylic acids is 1. The van der Waals surface area contributed by atoms with Crippen LogP contribution in [0.15, 0.2) is 22.8 Å². The third-order valence-electron chi connectivity index (χ3n) is 2.21. The summed E-state index contributed by atoms with van der Waals surface area (Å²) in [6, 6.07) is 3.06. The molecule has 9 heteroatoms. The normalized spacial score (nSPS) is 11.0. The summed E-state index contributed by atoms with van der Waals surface area (Å²) in [4.78, 5) is 14.9. The summed E-state index contributed by atoms with van der Waals surface area (Å²) < 4.78 is 27.0. The Labute approximate surface area is 119 Å². The zero-order valence-electron chi connectivity index (χ0n) is 9.02. The summed E-state index contributed by atoms with van der Waals surface area (Å²) in [5.41, 5.74) is -1.61. The van der Waals surface area contributed by atoms with E-state index in [-0.39, 0.29) is 5.82 Å². The van der Waals surface area contributed by atoms with Crippen LogP contribution in [0.25, 0.3) is 5.82 Å². The molecule has 1 N–H and O–H groups in total. The number of aromatic carboxylic acids is 1. The zero-order valence-corrected chi connectivity index (χ0v) is 11.4. The molecule has 0 fully saturated rings. The molecule has 0 radical (unpaired) electrons. The minimum absolute atomic E-state index is 0.141. The molecule has 0 aliphatic rings. The first-order valence-corrected chi connectivity index (χ1v) is 6.00. The molecule has 0 unspecified atom stereocenters. The second-order valence-corrected chi connectivity index (χ2v) is 4.68. The van der Waals surface area contributed by atoms with Gasteiger partial charge in [-0.25, -0.2) is 23.2 Å². The van der Waals surface area contributed by atoms with Crippen molar-refractivity contribution in [2.75, 3.05) is 0 Å². The van der Waals surface area contributed by atoms with Gasteiger partial charge in [-0.1, -0.05) is 11.6 Å². The van der Waals surface area contributed by atoms with E-state index >= 15 is 0 Å². The molecule has 0 aliphatic carbocycles. The highest BCUT2D eigenvalue weighted by atomic mass is 79.9. The SMILES string of the molecule is O=C(O)c1c(C(F)F)nn(-c2ccc(Br)cn2)c1Cl. The Morgan fingerprint density at radius 3 is 2.58 bits per heavy atom. The highest BCUT2D eigenvalue weighted by Gasteiger charge is 2.28. The summed E-state index contributed by atoms with van der Waals surface area (Å²) in [5, 5.41) is 12.0. The van der Waals surface area contributed by atoms with Crippen molar-refractivity contribution in [3.63, 3.8) is 0 Å². The highest BCUT2D eigenvalue weighted by molar-refractivity contribution is 9.10. The Bertz CT molecular complexity index is 630. The quantitative estimate of drug-likeness (QED) is 0.920. The Morgan fingerprint density at radius 1 is 1.47 bits per heavy atom. The van der Waals surface area contributed by atoms with Gasteiger partial charge in [0.25, 0.3) is 6.43 Å². The number of alkyl halides is 2. The molecule has 2 aromatic heterocycles. The summed E-state index contributed by atoms with van der Waals surface area (Å²) in [7, 11) is 0. The fourth-order valence-corrected chi connectivity index (χ4v) is 1.95. The molecule has 0 atom stereocenters. The standard InChI is InChI=1S/C10H5BrClF2N3O2/c11-4-1-2-5(15-3-4)17-8(12)6(10(18)19)7(16-17)9(13)14/h1-3,9H,(H,18,19). The van der Waals surface area contributed by atoms with Crippen molar-refractivity contribution in [2.45, 2.75) is 6.43 Å². The van der Waals surface area contributed by atoms with Gasteiger partial charge in [-0.05, 0) is 28.1 Å². The molecule has 0 bridgehead atoms. The van der Waals surface area contributed by atoms with Gasteiger partial charge in [0.05, 0.1) is 0 Å². The summed E-state index contributed by atoms with van der Waals surface area (Å²) >= 11 is 8.94. The van der Waals surface area contributed by atoms with E-state index in [0.717, 1.165) is 4.68 Å². The van der Waals surface area contributed by atoms with E-state index in [1.54, 1.807) is 6.07 Å². The first-order valence-electron chi connectivity index (χ1n) is 4.83. The van der Waals surface area contributed by atoms with E-state index in [0.29, 0.717) is 4.47 Å². The predicted molar refractivity (Wildman–Crippen MR) is 66.0 cm³/mol. The molecule has 2 aromatic rings. The second kappa shape index (κ2) is 5.22. The van der Waals surface area contributed by atoms with Crippen LogP contribution in [0.1, 0.15) is 22.5 Å². The number of halogens is 4. The van der Waals surface area contributed by atoms with E-state index in [9.17, 15) is 13.6 Å². The van der Waals surface area contributed by atoms with Crippen LogP contribution in [0.2, 0.25) is 5.15 Å². The number of carbonyl (C=O) groups is 1. The van der Waals surface area contributed by atoms with Gasteiger partial charge in [-0.2, -0.15) is 5.10 Å². The Hall–Kier alpha value is -1.54. The lowest BCUT2D eigenvalue weighted by molar-refractivity contribution is 0.0684. The smallest absolute Gasteiger partial charge is 0.341 e. The summed E-state index contributed by atoms with van der Waals surface area (Å²) in [6.45, 7) is 0. The molecular weight excluding hydrogens is 347 g/mol. The Balaban J connectivity index is 2.62. The van der Waals surface area contributed by atoms with Gasteiger partial charge in [-0.3, -0.25) is 0 Å². The molecule has 19 heavy (non-hydrogen) atoms. The number of pyridine rings is 1. The van der Waals surface area contributed by atoms with Gasteiger partial charge in [0.1, 0.15) is 16.4 Å². The molecule has 0 aliphatic heterocycles. The third kappa shape index (κ3) is 2.59. The maximum Gasteiger partial charge on any atom is 0.341 e. The first kappa shape index (κ1) is 13.9. The Kier molecular flexibility index (Phi) is 3.81. The summed E-state index contributed by atoms with van der Waals surface area (Å²) in [6.07, 6.45) is -1.63. The van der Waals surface area contributed by atoms with Crippen LogP contribution in [0.3, 0.4) is 0 Å². The van der Waals surface area contributed by atoms with E-state index in [4.69, 9.17) is 16.7 Å². The van der Waals surface area contributed by atoms with Crippen LogP contribution in [-0.2, 0) is 0 Å². The van der Waals surface area contributed by atoms with E-state index in [1.165, 1.54) is 12.3 Å². The molecule has 2 rings (SSSR count). The molecule has 5 nitrogen and oxygen atoms in total. The second-order valence-electron chi connectivity index (χ2n) is 3.40. The molecular formula is C10H5BrClF2N3O2. The molecule has 0 saturated carbocycles. The van der Waals surface area contributed by atoms with Crippen LogP contribution in [0, 0.1) is 0 Å². The summed E-state index contributed by atoms with van der Waals surface area (Å²) in [5.74, 6) is -1.42. The van der Waals surface area contributed by atoms with Gasteiger partial charge < -0.3 is 5.11 Å². The predicted octanol–water partition coefficient (Wildman–Crippen LogP) is 3.32. The minimum Gasteiger partial charge on any atom is -0.478 e. The largest absolute Gasteiger partial charge is 0.478 e. The molecule has 0 saturated heterocycles. The number of aromatic nitrogens is 3.